The van der Waals surface area contributed by atoms with E-state index in [4.69, 9.17) is 4.74 Å². The summed E-state index contributed by atoms with van der Waals surface area (Å²) >= 11 is 0. The molecule has 5 nitrogen and oxygen atoms in total. The maximum Gasteiger partial charge on any atom is 0.237 e. The highest BCUT2D eigenvalue weighted by molar-refractivity contribution is 5.82. The highest BCUT2D eigenvalue weighted by Gasteiger charge is 2.23. The Kier molecular flexibility index (Phi) is 6.17. The first-order valence-corrected chi connectivity index (χ1v) is 7.46. The summed E-state index contributed by atoms with van der Waals surface area (Å²) < 4.78 is 5.03. The number of methoxy groups -OCH3 is 1. The van der Waals surface area contributed by atoms with Crippen molar-refractivity contribution in [2.75, 3.05) is 40.4 Å². The molecule has 5 heteroatoms. The molecule has 0 saturated carbocycles. The number of nitrogens with one attached hydrogen (secondary N) is 2. The van der Waals surface area contributed by atoms with Crippen LogP contribution < -0.4 is 10.6 Å². The summed E-state index contributed by atoms with van der Waals surface area (Å²) in [4.78, 5) is 14.3. The third-order valence-corrected chi connectivity index (χ3v) is 3.87. The Balaban J connectivity index is 1.72. The molecule has 1 aromatic carbocycles. The summed E-state index contributed by atoms with van der Waals surface area (Å²) in [5.41, 5.74) is 2.56. The van der Waals surface area contributed by atoms with E-state index in [1.165, 1.54) is 11.1 Å². The molecule has 0 aliphatic carbocycles. The summed E-state index contributed by atoms with van der Waals surface area (Å²) in [7, 11) is 3.72. The molecular weight excluding hydrogens is 266 g/mol. The van der Waals surface area contributed by atoms with E-state index in [0.717, 1.165) is 26.1 Å². The van der Waals surface area contributed by atoms with Gasteiger partial charge < -0.3 is 20.3 Å². The van der Waals surface area contributed by atoms with Crippen LogP contribution in [0.5, 0.6) is 0 Å². The molecule has 0 unspecified atom stereocenters. The van der Waals surface area contributed by atoms with Crippen LogP contribution in [0, 0.1) is 0 Å². The molecular formula is C16H25N3O2. The van der Waals surface area contributed by atoms with Crippen LogP contribution in [0.3, 0.4) is 0 Å². The Labute approximate surface area is 126 Å². The lowest BCUT2D eigenvalue weighted by Crippen LogP contribution is -2.49. The predicted molar refractivity (Wildman–Crippen MR) is 83.2 cm³/mol. The van der Waals surface area contributed by atoms with Crippen LogP contribution in [0.2, 0.25) is 0 Å². The molecule has 1 aromatic rings. The van der Waals surface area contributed by atoms with Gasteiger partial charge in [-0.3, -0.25) is 4.79 Å². The molecule has 0 fully saturated rings. The van der Waals surface area contributed by atoms with E-state index >= 15 is 0 Å². The summed E-state index contributed by atoms with van der Waals surface area (Å²) in [5, 5.41) is 6.31. The lowest BCUT2D eigenvalue weighted by atomic mass is 9.95. The number of carbonyl (C=O) groups is 1. The number of carbonyl (C=O) groups excluding carboxylic acids is 1. The van der Waals surface area contributed by atoms with Crippen molar-refractivity contribution in [1.82, 2.24) is 15.5 Å². The maximum atomic E-state index is 12.2. The van der Waals surface area contributed by atoms with Crippen molar-refractivity contribution in [3.05, 3.63) is 35.4 Å². The molecule has 0 aromatic heterocycles. The van der Waals surface area contributed by atoms with Crippen molar-refractivity contribution < 1.29 is 9.53 Å². The van der Waals surface area contributed by atoms with Gasteiger partial charge in [-0.2, -0.15) is 0 Å². The van der Waals surface area contributed by atoms with Crippen LogP contribution in [0.25, 0.3) is 0 Å². The summed E-state index contributed by atoms with van der Waals surface area (Å²) in [6.07, 6.45) is 0.765. The molecule has 1 amide bonds. The molecule has 0 spiro atoms. The van der Waals surface area contributed by atoms with Gasteiger partial charge in [-0.1, -0.05) is 24.3 Å². The van der Waals surface area contributed by atoms with Crippen LogP contribution in [-0.2, 0) is 22.5 Å². The van der Waals surface area contributed by atoms with E-state index in [2.05, 4.69) is 27.7 Å². The molecule has 1 atom stereocenters. The van der Waals surface area contributed by atoms with Crippen LogP contribution >= 0.6 is 0 Å². The lowest BCUT2D eigenvalue weighted by Gasteiger charge is -2.25. The second-order valence-corrected chi connectivity index (χ2v) is 5.49. The minimum atomic E-state index is -0.121. The van der Waals surface area contributed by atoms with Crippen molar-refractivity contribution >= 4 is 5.91 Å². The fourth-order valence-electron chi connectivity index (χ4n) is 2.49. The SMILES string of the molecule is COCCN(C)CCNC(=O)[C@H]1Cc2ccccc2CN1. The average Bonchev–Trinajstić information content (AvgIpc) is 2.52. The van der Waals surface area contributed by atoms with Crippen LogP contribution in [0.4, 0.5) is 0 Å². The summed E-state index contributed by atoms with van der Waals surface area (Å²) in [5.74, 6) is 0.0876. The van der Waals surface area contributed by atoms with Crippen molar-refractivity contribution in [2.24, 2.45) is 0 Å². The number of likely N-dealkylation sites (N-methyl/N-ethyl adjacent to an activating group) is 1. The first kappa shape index (κ1) is 15.9. The van der Waals surface area contributed by atoms with Gasteiger partial charge in [0.15, 0.2) is 0 Å². The van der Waals surface area contributed by atoms with Gasteiger partial charge in [0, 0.05) is 33.3 Å². The molecule has 1 aliphatic rings. The van der Waals surface area contributed by atoms with Gasteiger partial charge in [0.05, 0.1) is 12.6 Å². The number of nitrogens with zero attached hydrogens (tertiary/aromatic N) is 1. The van der Waals surface area contributed by atoms with Gasteiger partial charge >= 0.3 is 0 Å². The third kappa shape index (κ3) is 4.81. The maximum absolute atomic E-state index is 12.2. The molecule has 0 saturated heterocycles. The minimum Gasteiger partial charge on any atom is -0.383 e. The lowest BCUT2D eigenvalue weighted by molar-refractivity contribution is -0.123. The number of rotatable bonds is 7. The first-order chi connectivity index (χ1) is 10.2. The van der Waals surface area contributed by atoms with Crippen molar-refractivity contribution in [3.8, 4) is 0 Å². The molecule has 116 valence electrons. The van der Waals surface area contributed by atoms with Crippen LogP contribution in [0.1, 0.15) is 11.1 Å². The third-order valence-electron chi connectivity index (χ3n) is 3.87. The smallest absolute Gasteiger partial charge is 0.237 e. The summed E-state index contributed by atoms with van der Waals surface area (Å²) in [6.45, 7) is 3.85. The zero-order valence-corrected chi connectivity index (χ0v) is 12.9. The standard InChI is InChI=1S/C16H25N3O2/c1-19(9-10-21-2)8-7-17-16(20)15-11-13-5-3-4-6-14(13)12-18-15/h3-6,15,18H,7-12H2,1-2H3,(H,17,20)/t15-/m1/s1. The van der Waals surface area contributed by atoms with Crippen molar-refractivity contribution in [3.63, 3.8) is 0 Å². The Bertz CT molecular complexity index is 465. The van der Waals surface area contributed by atoms with Gasteiger partial charge in [-0.25, -0.2) is 0 Å². The van der Waals surface area contributed by atoms with E-state index in [1.807, 2.05) is 19.2 Å². The minimum absolute atomic E-state index is 0.0876. The van der Waals surface area contributed by atoms with Crippen molar-refractivity contribution in [1.29, 1.82) is 0 Å². The Morgan fingerprint density at radius 1 is 1.38 bits per heavy atom. The number of hydrogen-bond acceptors (Lipinski definition) is 4. The Morgan fingerprint density at radius 2 is 2.14 bits per heavy atom. The Morgan fingerprint density at radius 3 is 2.90 bits per heavy atom. The molecule has 1 heterocycles. The number of ether oxygens (including phenoxy) is 1. The molecule has 2 rings (SSSR count). The molecule has 21 heavy (non-hydrogen) atoms. The molecule has 2 N–H and O–H groups in total. The molecule has 0 radical (unpaired) electrons. The fourth-order valence-corrected chi connectivity index (χ4v) is 2.49. The largest absolute Gasteiger partial charge is 0.383 e. The zero-order valence-electron chi connectivity index (χ0n) is 12.9. The normalized spacial score (nSPS) is 17.6. The molecule has 0 bridgehead atoms. The number of benzene rings is 1. The van der Waals surface area contributed by atoms with Gasteiger partial charge in [-0.15, -0.1) is 0 Å². The average molecular weight is 291 g/mol. The highest BCUT2D eigenvalue weighted by Crippen LogP contribution is 2.16. The molecule has 1 aliphatic heterocycles. The second kappa shape index (κ2) is 8.12. The topological polar surface area (TPSA) is 53.6 Å². The van der Waals surface area contributed by atoms with Crippen LogP contribution in [0.15, 0.2) is 24.3 Å². The van der Waals surface area contributed by atoms with E-state index in [9.17, 15) is 4.79 Å². The Hall–Kier alpha value is -1.43. The number of fused-ring (bicyclic) bond motifs is 1. The quantitative estimate of drug-likeness (QED) is 0.763. The zero-order chi connectivity index (χ0) is 15.1. The fraction of sp³-hybridized carbons (Fsp3) is 0.562. The number of hydrogen-bond donors (Lipinski definition) is 2. The van der Waals surface area contributed by atoms with Gasteiger partial charge in [0.2, 0.25) is 5.91 Å². The second-order valence-electron chi connectivity index (χ2n) is 5.49. The first-order valence-electron chi connectivity index (χ1n) is 7.46. The van der Waals surface area contributed by atoms with E-state index in [-0.39, 0.29) is 11.9 Å². The van der Waals surface area contributed by atoms with Crippen LogP contribution in [-0.4, -0.2) is 57.2 Å². The van der Waals surface area contributed by atoms with E-state index < -0.39 is 0 Å². The van der Waals surface area contributed by atoms with Gasteiger partial charge in [-0.05, 0) is 24.6 Å². The van der Waals surface area contributed by atoms with Gasteiger partial charge in [0.25, 0.3) is 0 Å². The highest BCUT2D eigenvalue weighted by atomic mass is 16.5. The predicted octanol–water partition coefficient (Wildman–Crippen LogP) is 0.395. The summed E-state index contributed by atoms with van der Waals surface area (Å²) in [6, 6.07) is 8.17. The van der Waals surface area contributed by atoms with Gasteiger partial charge in [0.1, 0.15) is 0 Å². The van der Waals surface area contributed by atoms with E-state index in [0.29, 0.717) is 13.2 Å². The number of amides is 1. The van der Waals surface area contributed by atoms with Crippen molar-refractivity contribution in [2.45, 2.75) is 19.0 Å². The monoisotopic (exact) mass is 291 g/mol. The van der Waals surface area contributed by atoms with E-state index in [1.54, 1.807) is 7.11 Å².